The van der Waals surface area contributed by atoms with Gasteiger partial charge in [-0.05, 0) is 47.0 Å². The zero-order chi connectivity index (χ0) is 17.3. The number of guanidine groups is 1. The van der Waals surface area contributed by atoms with E-state index in [4.69, 9.17) is 5.73 Å². The van der Waals surface area contributed by atoms with Crippen LogP contribution in [0.25, 0.3) is 11.1 Å². The third-order valence-electron chi connectivity index (χ3n) is 4.34. The van der Waals surface area contributed by atoms with Gasteiger partial charge >= 0.3 is 0 Å². The number of benzene rings is 2. The Kier molecular flexibility index (Phi) is 3.89. The van der Waals surface area contributed by atoms with Crippen molar-refractivity contribution in [2.75, 3.05) is 7.05 Å². The second kappa shape index (κ2) is 5.88. The van der Waals surface area contributed by atoms with Gasteiger partial charge in [0, 0.05) is 7.05 Å². The Balaban J connectivity index is 2.05. The molecule has 0 saturated carbocycles. The first-order chi connectivity index (χ1) is 11.4. The van der Waals surface area contributed by atoms with Crippen LogP contribution < -0.4 is 5.73 Å². The molecule has 2 aromatic carbocycles. The number of hydrogen-bond acceptors (Lipinski definition) is 5. The van der Waals surface area contributed by atoms with Crippen molar-refractivity contribution < 1.29 is 4.79 Å². The fraction of sp³-hybridized carbons (Fsp3) is 0.222. The van der Waals surface area contributed by atoms with Crippen LogP contribution in [-0.4, -0.2) is 23.8 Å². The predicted octanol–water partition coefficient (Wildman–Crippen LogP) is 3.14. The number of aliphatic imine (C=N–C) groups is 1. The fourth-order valence-electron chi connectivity index (χ4n) is 2.85. The molecule has 6 nitrogen and oxygen atoms in total. The Morgan fingerprint density at radius 2 is 1.83 bits per heavy atom. The largest absolute Gasteiger partial charge is 0.369 e. The van der Waals surface area contributed by atoms with E-state index in [0.29, 0.717) is 5.69 Å². The Morgan fingerprint density at radius 3 is 2.50 bits per heavy atom. The standard InChI is InChI=1S/C18H18N4O2/c1-18(11-16(23)22(2)17(19)20-18)14-7-3-5-12(9-14)13-6-4-8-15(10-13)21-24/h3-10H,11H2,1-2H3,(H2,19,20)/t18-/m0/s1. The molecule has 122 valence electrons. The van der Waals surface area contributed by atoms with Crippen molar-refractivity contribution >= 4 is 17.6 Å². The molecule has 1 amide bonds. The summed E-state index contributed by atoms with van der Waals surface area (Å²) in [7, 11) is 1.62. The lowest BCUT2D eigenvalue weighted by molar-refractivity contribution is -0.128. The molecule has 0 aromatic heterocycles. The molecule has 0 aliphatic carbocycles. The van der Waals surface area contributed by atoms with Crippen LogP contribution in [0.4, 0.5) is 5.69 Å². The topological polar surface area (TPSA) is 88.1 Å². The quantitative estimate of drug-likeness (QED) is 0.880. The second-order valence-corrected chi connectivity index (χ2v) is 6.10. The molecule has 1 atom stereocenters. The van der Waals surface area contributed by atoms with Gasteiger partial charge in [0.1, 0.15) is 5.69 Å². The van der Waals surface area contributed by atoms with Crippen molar-refractivity contribution in [2.45, 2.75) is 18.9 Å². The van der Waals surface area contributed by atoms with Gasteiger partial charge < -0.3 is 5.73 Å². The van der Waals surface area contributed by atoms with Gasteiger partial charge in [0.15, 0.2) is 5.96 Å². The molecule has 1 aliphatic heterocycles. The van der Waals surface area contributed by atoms with Crippen LogP contribution in [0.1, 0.15) is 18.9 Å². The van der Waals surface area contributed by atoms with Crippen molar-refractivity contribution in [2.24, 2.45) is 15.9 Å². The summed E-state index contributed by atoms with van der Waals surface area (Å²) < 4.78 is 0. The van der Waals surface area contributed by atoms with Crippen molar-refractivity contribution in [3.8, 4) is 11.1 Å². The van der Waals surface area contributed by atoms with Gasteiger partial charge in [-0.25, -0.2) is 4.99 Å². The Hall–Kier alpha value is -3.02. The summed E-state index contributed by atoms with van der Waals surface area (Å²) in [6.07, 6.45) is 0.254. The first kappa shape index (κ1) is 15.9. The molecule has 1 heterocycles. The molecule has 0 radical (unpaired) electrons. The number of nitroso groups, excluding NO2 is 1. The number of carbonyl (C=O) groups excluding carboxylic acids is 1. The molecular weight excluding hydrogens is 304 g/mol. The van der Waals surface area contributed by atoms with Crippen LogP contribution in [0.15, 0.2) is 58.7 Å². The molecule has 0 spiro atoms. The maximum atomic E-state index is 12.1. The van der Waals surface area contributed by atoms with Gasteiger partial charge in [-0.1, -0.05) is 30.3 Å². The number of nitrogens with zero attached hydrogens (tertiary/aromatic N) is 3. The smallest absolute Gasteiger partial charge is 0.231 e. The molecule has 2 aromatic rings. The minimum absolute atomic E-state index is 0.0671. The van der Waals surface area contributed by atoms with E-state index in [0.717, 1.165) is 16.7 Å². The van der Waals surface area contributed by atoms with E-state index in [-0.39, 0.29) is 18.3 Å². The average molecular weight is 322 g/mol. The summed E-state index contributed by atoms with van der Waals surface area (Å²) in [6.45, 7) is 1.90. The SMILES string of the molecule is CN1C(=O)C[C@@](C)(c2cccc(-c3cccc(N=O)c3)c2)N=C1N. The number of hydrogen-bond donors (Lipinski definition) is 1. The predicted molar refractivity (Wildman–Crippen MR) is 93.7 cm³/mol. The number of amides is 1. The first-order valence-electron chi connectivity index (χ1n) is 7.59. The number of rotatable bonds is 3. The van der Waals surface area contributed by atoms with E-state index in [1.165, 1.54) is 4.90 Å². The zero-order valence-corrected chi connectivity index (χ0v) is 13.6. The monoisotopic (exact) mass is 322 g/mol. The third kappa shape index (κ3) is 2.78. The third-order valence-corrected chi connectivity index (χ3v) is 4.34. The molecule has 1 aliphatic rings. The summed E-state index contributed by atoms with van der Waals surface area (Å²) in [5, 5.41) is 2.97. The van der Waals surface area contributed by atoms with Crippen LogP contribution in [0.3, 0.4) is 0 Å². The van der Waals surface area contributed by atoms with E-state index in [1.54, 1.807) is 25.2 Å². The lowest BCUT2D eigenvalue weighted by Crippen LogP contribution is -2.47. The lowest BCUT2D eigenvalue weighted by atomic mass is 9.86. The highest BCUT2D eigenvalue weighted by atomic mass is 16.3. The Bertz CT molecular complexity index is 846. The lowest BCUT2D eigenvalue weighted by Gasteiger charge is -2.33. The van der Waals surface area contributed by atoms with Gasteiger partial charge in [-0.15, -0.1) is 4.91 Å². The average Bonchev–Trinajstić information content (AvgIpc) is 2.60. The highest BCUT2D eigenvalue weighted by Gasteiger charge is 2.36. The van der Waals surface area contributed by atoms with E-state index >= 15 is 0 Å². The Labute approximate surface area is 140 Å². The van der Waals surface area contributed by atoms with Gasteiger partial charge in [-0.2, -0.15) is 0 Å². The molecule has 0 unspecified atom stereocenters. The molecule has 0 fully saturated rings. The Morgan fingerprint density at radius 1 is 1.17 bits per heavy atom. The molecule has 3 rings (SSSR count). The van der Waals surface area contributed by atoms with E-state index in [1.807, 2.05) is 37.3 Å². The van der Waals surface area contributed by atoms with E-state index in [9.17, 15) is 9.70 Å². The van der Waals surface area contributed by atoms with Crippen LogP contribution in [0, 0.1) is 4.91 Å². The van der Waals surface area contributed by atoms with Gasteiger partial charge in [0.05, 0.1) is 12.0 Å². The van der Waals surface area contributed by atoms with Crippen LogP contribution >= 0.6 is 0 Å². The summed E-state index contributed by atoms with van der Waals surface area (Å²) in [6, 6.07) is 14.8. The summed E-state index contributed by atoms with van der Waals surface area (Å²) in [4.78, 5) is 28.8. The minimum atomic E-state index is -0.704. The molecule has 0 bridgehead atoms. The molecular formula is C18H18N4O2. The van der Waals surface area contributed by atoms with Crippen LogP contribution in [0.5, 0.6) is 0 Å². The number of carbonyl (C=O) groups is 1. The van der Waals surface area contributed by atoms with Crippen LogP contribution in [0.2, 0.25) is 0 Å². The molecule has 6 heteroatoms. The second-order valence-electron chi connectivity index (χ2n) is 6.10. The zero-order valence-electron chi connectivity index (χ0n) is 13.6. The maximum absolute atomic E-state index is 12.1. The highest BCUT2D eigenvalue weighted by molar-refractivity contribution is 5.98. The van der Waals surface area contributed by atoms with Gasteiger partial charge in [-0.3, -0.25) is 9.69 Å². The van der Waals surface area contributed by atoms with Crippen molar-refractivity contribution in [1.82, 2.24) is 4.90 Å². The van der Waals surface area contributed by atoms with Crippen molar-refractivity contribution in [3.05, 3.63) is 59.0 Å². The fourth-order valence-corrected chi connectivity index (χ4v) is 2.85. The van der Waals surface area contributed by atoms with E-state index in [2.05, 4.69) is 10.2 Å². The van der Waals surface area contributed by atoms with E-state index < -0.39 is 5.54 Å². The molecule has 2 N–H and O–H groups in total. The van der Waals surface area contributed by atoms with Crippen molar-refractivity contribution in [3.63, 3.8) is 0 Å². The van der Waals surface area contributed by atoms with Crippen LogP contribution in [-0.2, 0) is 10.3 Å². The minimum Gasteiger partial charge on any atom is -0.369 e. The molecule has 24 heavy (non-hydrogen) atoms. The number of nitrogens with two attached hydrogens (primary N) is 1. The van der Waals surface area contributed by atoms with Gasteiger partial charge in [0.25, 0.3) is 0 Å². The maximum Gasteiger partial charge on any atom is 0.231 e. The summed E-state index contributed by atoms with van der Waals surface area (Å²) in [5.74, 6) is 0.147. The van der Waals surface area contributed by atoms with Crippen molar-refractivity contribution in [1.29, 1.82) is 0 Å². The van der Waals surface area contributed by atoms with Gasteiger partial charge in [0.2, 0.25) is 5.91 Å². The summed E-state index contributed by atoms with van der Waals surface area (Å²) in [5.41, 5.74) is 8.26. The first-order valence-corrected chi connectivity index (χ1v) is 7.59. The normalized spacial score (nSPS) is 20.7. The molecule has 0 saturated heterocycles. The highest BCUT2D eigenvalue weighted by Crippen LogP contribution is 2.35. The summed E-state index contributed by atoms with van der Waals surface area (Å²) >= 11 is 0.